The van der Waals surface area contributed by atoms with Gasteiger partial charge in [0.2, 0.25) is 0 Å². The second-order valence-electron chi connectivity index (χ2n) is 8.83. The molecule has 1 aromatic heterocycles. The number of rotatable bonds is 4. The Morgan fingerprint density at radius 3 is 2.48 bits per heavy atom. The second-order valence-corrected chi connectivity index (χ2v) is 8.83. The minimum absolute atomic E-state index is 0.138. The number of hydrogen-bond acceptors (Lipinski definition) is 6. The van der Waals surface area contributed by atoms with Gasteiger partial charge in [0.25, 0.3) is 5.91 Å². The van der Waals surface area contributed by atoms with Crippen LogP contribution in [-0.2, 0) is 0 Å². The molecule has 5 rings (SSSR count). The molecule has 3 aliphatic rings. The molecular formula is C21H28N6O2. The lowest BCUT2D eigenvalue weighted by Crippen LogP contribution is -2.49. The van der Waals surface area contributed by atoms with Crippen LogP contribution < -0.4 is 5.32 Å². The Labute approximate surface area is 170 Å². The molecule has 29 heavy (non-hydrogen) atoms. The van der Waals surface area contributed by atoms with Crippen molar-refractivity contribution in [1.82, 2.24) is 30.4 Å². The summed E-state index contributed by atoms with van der Waals surface area (Å²) in [6, 6.07) is 7.73. The van der Waals surface area contributed by atoms with Crippen LogP contribution in [0.3, 0.4) is 0 Å². The zero-order valence-corrected chi connectivity index (χ0v) is 16.5. The van der Waals surface area contributed by atoms with E-state index in [0.717, 1.165) is 37.7 Å². The molecule has 0 bridgehead atoms. The third-order valence-electron chi connectivity index (χ3n) is 7.07. The molecule has 154 valence electrons. The van der Waals surface area contributed by atoms with E-state index in [1.54, 1.807) is 16.8 Å². The molecule has 2 aromatic rings. The molecule has 2 aliphatic carbocycles. The average molecular weight is 396 g/mol. The van der Waals surface area contributed by atoms with E-state index in [1.807, 2.05) is 12.1 Å². The monoisotopic (exact) mass is 396 g/mol. The molecule has 0 spiro atoms. The average Bonchev–Trinajstić information content (AvgIpc) is 3.49. The topological polar surface area (TPSA) is 96.2 Å². The summed E-state index contributed by atoms with van der Waals surface area (Å²) in [6.45, 7) is 2.24. The fourth-order valence-corrected chi connectivity index (χ4v) is 5.49. The zero-order valence-electron chi connectivity index (χ0n) is 16.5. The van der Waals surface area contributed by atoms with E-state index in [2.05, 4.69) is 25.7 Å². The number of aliphatic hydroxyl groups excluding tert-OH is 1. The van der Waals surface area contributed by atoms with Gasteiger partial charge in [-0.15, -0.1) is 5.10 Å². The number of benzene rings is 1. The Bertz CT molecular complexity index is 833. The van der Waals surface area contributed by atoms with E-state index in [4.69, 9.17) is 0 Å². The van der Waals surface area contributed by atoms with Gasteiger partial charge < -0.3 is 10.4 Å². The number of fused-ring (bicyclic) bond motifs is 1. The summed E-state index contributed by atoms with van der Waals surface area (Å²) < 4.78 is 1.54. The Kier molecular flexibility index (Phi) is 5.05. The molecule has 8 heteroatoms. The number of nitrogens with one attached hydrogen (secondary N) is 1. The third-order valence-corrected chi connectivity index (χ3v) is 7.07. The van der Waals surface area contributed by atoms with Crippen molar-refractivity contribution in [3.63, 3.8) is 0 Å². The Hall–Kier alpha value is -2.32. The molecule has 0 radical (unpaired) electrons. The maximum atomic E-state index is 12.7. The summed E-state index contributed by atoms with van der Waals surface area (Å²) in [6.07, 6.45) is 8.05. The lowest BCUT2D eigenvalue weighted by atomic mass is 9.77. The molecule has 0 unspecified atom stereocenters. The summed E-state index contributed by atoms with van der Waals surface area (Å²) in [7, 11) is 0. The van der Waals surface area contributed by atoms with Crippen LogP contribution in [0.1, 0.15) is 48.9 Å². The number of likely N-dealkylation sites (tertiary alicyclic amines) is 1. The number of carbonyl (C=O) groups is 1. The van der Waals surface area contributed by atoms with Gasteiger partial charge in [0.05, 0.1) is 17.8 Å². The van der Waals surface area contributed by atoms with Crippen LogP contribution in [0.2, 0.25) is 0 Å². The van der Waals surface area contributed by atoms with Crippen LogP contribution in [0, 0.1) is 11.8 Å². The van der Waals surface area contributed by atoms with Gasteiger partial charge in [-0.25, -0.2) is 4.68 Å². The summed E-state index contributed by atoms with van der Waals surface area (Å²) in [5.74, 6) is 1.00. The van der Waals surface area contributed by atoms with Crippen molar-refractivity contribution < 1.29 is 9.90 Å². The first-order valence-corrected chi connectivity index (χ1v) is 10.7. The molecule has 2 saturated carbocycles. The molecule has 1 aromatic carbocycles. The van der Waals surface area contributed by atoms with Gasteiger partial charge in [0.15, 0.2) is 0 Å². The Morgan fingerprint density at radius 1 is 1.07 bits per heavy atom. The van der Waals surface area contributed by atoms with Gasteiger partial charge >= 0.3 is 0 Å². The summed E-state index contributed by atoms with van der Waals surface area (Å²) in [5.41, 5.74) is 1.38. The zero-order chi connectivity index (χ0) is 19.8. The predicted octanol–water partition coefficient (Wildman–Crippen LogP) is 1.41. The van der Waals surface area contributed by atoms with E-state index in [1.165, 1.54) is 32.0 Å². The normalized spacial score (nSPS) is 30.4. The lowest BCUT2D eigenvalue weighted by Gasteiger charge is -2.35. The SMILES string of the molecule is O=C(N[C@H]1C[C@H]2CN(C3CCCC3)C[C@H]2C[C@@H]1O)c1ccc(-n2cnnn2)cc1. The van der Waals surface area contributed by atoms with Crippen molar-refractivity contribution in [1.29, 1.82) is 0 Å². The van der Waals surface area contributed by atoms with Crippen LogP contribution in [0.15, 0.2) is 30.6 Å². The van der Waals surface area contributed by atoms with E-state index in [0.29, 0.717) is 17.4 Å². The molecule has 4 atom stereocenters. The van der Waals surface area contributed by atoms with Gasteiger partial charge in [0.1, 0.15) is 6.33 Å². The molecule has 3 fully saturated rings. The van der Waals surface area contributed by atoms with Crippen molar-refractivity contribution in [3.8, 4) is 5.69 Å². The highest BCUT2D eigenvalue weighted by Gasteiger charge is 2.43. The number of aromatic nitrogens is 4. The maximum absolute atomic E-state index is 12.7. The highest BCUT2D eigenvalue weighted by Crippen LogP contribution is 2.39. The second kappa shape index (κ2) is 7.84. The number of carbonyl (C=O) groups excluding carboxylic acids is 1. The lowest BCUT2D eigenvalue weighted by molar-refractivity contribution is 0.0461. The molecule has 1 saturated heterocycles. The van der Waals surface area contributed by atoms with Crippen molar-refractivity contribution in [2.24, 2.45) is 11.8 Å². The van der Waals surface area contributed by atoms with Gasteiger partial charge in [-0.1, -0.05) is 12.8 Å². The molecule has 8 nitrogen and oxygen atoms in total. The smallest absolute Gasteiger partial charge is 0.251 e. The number of aliphatic hydroxyl groups is 1. The number of tetrazole rings is 1. The number of amides is 1. The van der Waals surface area contributed by atoms with Gasteiger partial charge in [-0.05, 0) is 72.2 Å². The van der Waals surface area contributed by atoms with Crippen LogP contribution in [0.25, 0.3) is 5.69 Å². The Balaban J connectivity index is 1.21. The van der Waals surface area contributed by atoms with Crippen molar-refractivity contribution >= 4 is 5.91 Å². The fraction of sp³-hybridized carbons (Fsp3) is 0.619. The van der Waals surface area contributed by atoms with E-state index in [9.17, 15) is 9.90 Å². The van der Waals surface area contributed by atoms with E-state index in [-0.39, 0.29) is 11.9 Å². The third kappa shape index (κ3) is 3.79. The number of hydrogen-bond donors (Lipinski definition) is 2. The van der Waals surface area contributed by atoms with Crippen molar-refractivity contribution in [2.45, 2.75) is 56.7 Å². The standard InChI is InChI=1S/C21H28N6O2/c28-20-10-16-12-26(17-3-1-2-4-17)11-15(16)9-19(20)23-21(29)14-5-7-18(8-6-14)27-13-22-24-25-27/h5-8,13,15-17,19-20,28H,1-4,9-12H2,(H,23,29)/t15-,16+,19-,20-/m0/s1. The first-order valence-electron chi connectivity index (χ1n) is 10.7. The van der Waals surface area contributed by atoms with Crippen LogP contribution in [-0.4, -0.2) is 67.4 Å². The predicted molar refractivity (Wildman–Crippen MR) is 106 cm³/mol. The maximum Gasteiger partial charge on any atom is 0.251 e. The van der Waals surface area contributed by atoms with Crippen LogP contribution >= 0.6 is 0 Å². The summed E-state index contributed by atoms with van der Waals surface area (Å²) >= 11 is 0. The quantitative estimate of drug-likeness (QED) is 0.811. The van der Waals surface area contributed by atoms with Crippen LogP contribution in [0.5, 0.6) is 0 Å². The van der Waals surface area contributed by atoms with E-state index >= 15 is 0 Å². The largest absolute Gasteiger partial charge is 0.391 e. The minimum atomic E-state index is -0.468. The van der Waals surface area contributed by atoms with Gasteiger partial charge in [0, 0.05) is 24.7 Å². The molecule has 1 amide bonds. The first-order chi connectivity index (χ1) is 14.2. The summed E-state index contributed by atoms with van der Waals surface area (Å²) in [4.78, 5) is 15.4. The Morgan fingerprint density at radius 2 is 1.79 bits per heavy atom. The molecule has 1 aliphatic heterocycles. The minimum Gasteiger partial charge on any atom is -0.391 e. The fourth-order valence-electron chi connectivity index (χ4n) is 5.49. The molecule has 2 heterocycles. The number of nitrogens with zero attached hydrogens (tertiary/aromatic N) is 5. The summed E-state index contributed by atoms with van der Waals surface area (Å²) in [5, 5.41) is 24.8. The molecular weight excluding hydrogens is 368 g/mol. The van der Waals surface area contributed by atoms with Crippen molar-refractivity contribution in [3.05, 3.63) is 36.2 Å². The molecule has 2 N–H and O–H groups in total. The highest BCUT2D eigenvalue weighted by molar-refractivity contribution is 5.94. The van der Waals surface area contributed by atoms with Gasteiger partial charge in [-0.3, -0.25) is 9.69 Å². The first kappa shape index (κ1) is 18.7. The van der Waals surface area contributed by atoms with E-state index < -0.39 is 6.10 Å². The van der Waals surface area contributed by atoms with Crippen LogP contribution in [0.4, 0.5) is 0 Å². The van der Waals surface area contributed by atoms with Crippen molar-refractivity contribution in [2.75, 3.05) is 13.1 Å². The van der Waals surface area contributed by atoms with Gasteiger partial charge in [-0.2, -0.15) is 0 Å². The highest BCUT2D eigenvalue weighted by atomic mass is 16.3.